The topological polar surface area (TPSA) is 24.4 Å². The Morgan fingerprint density at radius 1 is 1.25 bits per heavy atom. The van der Waals surface area contributed by atoms with Crippen LogP contribution in [0.15, 0.2) is 28.2 Å². The number of halogens is 4. The first kappa shape index (κ1) is 18.8. The zero-order chi connectivity index (χ0) is 17.9. The summed E-state index contributed by atoms with van der Waals surface area (Å²) in [7, 11) is 0. The third-order valence-electron chi connectivity index (χ3n) is 3.73. The van der Waals surface area contributed by atoms with Gasteiger partial charge in [0.05, 0.1) is 12.3 Å². The van der Waals surface area contributed by atoms with Crippen LogP contribution >= 0.6 is 11.8 Å². The van der Waals surface area contributed by atoms with Crippen LogP contribution in [-0.4, -0.2) is 30.5 Å². The molecule has 7 heteroatoms. The van der Waals surface area contributed by atoms with Gasteiger partial charge in [-0.25, -0.2) is 4.39 Å². The summed E-state index contributed by atoms with van der Waals surface area (Å²) in [6.07, 6.45) is -3.29. The third kappa shape index (κ3) is 4.75. The summed E-state index contributed by atoms with van der Waals surface area (Å²) in [5.74, 6) is -0.617. The fourth-order valence-electron chi connectivity index (χ4n) is 2.46. The molecule has 0 amide bonds. The second-order valence-corrected chi connectivity index (χ2v) is 6.74. The van der Waals surface area contributed by atoms with E-state index >= 15 is 0 Å². The molecule has 0 saturated heterocycles. The zero-order valence-corrected chi connectivity index (χ0v) is 14.6. The van der Waals surface area contributed by atoms with Crippen LogP contribution in [0.5, 0.6) is 0 Å². The number of hydrogen-bond donors (Lipinski definition) is 1. The van der Waals surface area contributed by atoms with Gasteiger partial charge in [0.1, 0.15) is 5.84 Å². The summed E-state index contributed by atoms with van der Waals surface area (Å²) < 4.78 is 51.0. The summed E-state index contributed by atoms with van der Waals surface area (Å²) in [6.45, 7) is 5.76. The molecule has 0 radical (unpaired) electrons. The van der Waals surface area contributed by atoms with Crippen molar-refractivity contribution in [2.24, 2.45) is 4.99 Å². The van der Waals surface area contributed by atoms with Crippen LogP contribution < -0.4 is 5.32 Å². The molecular formula is C17H20F4N2S. The lowest BCUT2D eigenvalue weighted by Crippen LogP contribution is -2.31. The van der Waals surface area contributed by atoms with E-state index in [1.807, 2.05) is 13.0 Å². The van der Waals surface area contributed by atoms with Crippen molar-refractivity contribution in [1.29, 1.82) is 0 Å². The molecule has 1 aliphatic rings. The van der Waals surface area contributed by atoms with Crippen LogP contribution in [-0.2, 0) is 0 Å². The molecule has 2 rings (SSSR count). The normalized spacial score (nSPS) is 16.3. The Morgan fingerprint density at radius 2 is 1.96 bits per heavy atom. The minimum atomic E-state index is -4.21. The van der Waals surface area contributed by atoms with Gasteiger partial charge in [0.15, 0.2) is 6.17 Å². The Morgan fingerprint density at radius 3 is 2.50 bits per heavy atom. The molecule has 132 valence electrons. The highest BCUT2D eigenvalue weighted by Crippen LogP contribution is 2.33. The van der Waals surface area contributed by atoms with E-state index in [-0.39, 0.29) is 0 Å². The van der Waals surface area contributed by atoms with Gasteiger partial charge < -0.3 is 5.32 Å². The van der Waals surface area contributed by atoms with Gasteiger partial charge in [-0.3, -0.25) is 4.99 Å². The Bertz CT molecular complexity index is 665. The average Bonchev–Trinajstić information content (AvgIpc) is 2.52. The highest BCUT2D eigenvalue weighted by Gasteiger charge is 2.27. The average molecular weight is 360 g/mol. The molecule has 0 aliphatic carbocycles. The predicted octanol–water partition coefficient (Wildman–Crippen LogP) is 5.05. The first-order valence-corrected chi connectivity index (χ1v) is 8.65. The van der Waals surface area contributed by atoms with E-state index in [1.165, 1.54) is 0 Å². The molecule has 2 nitrogen and oxygen atoms in total. The number of amidine groups is 1. The highest BCUT2D eigenvalue weighted by molar-refractivity contribution is 7.99. The zero-order valence-electron chi connectivity index (χ0n) is 13.8. The van der Waals surface area contributed by atoms with Gasteiger partial charge in [-0.1, -0.05) is 13.0 Å². The van der Waals surface area contributed by atoms with Gasteiger partial charge in [0, 0.05) is 11.1 Å². The molecule has 1 aliphatic heterocycles. The number of hydrogen-bond acceptors (Lipinski definition) is 3. The van der Waals surface area contributed by atoms with Crippen LogP contribution in [0.1, 0.15) is 30.0 Å². The van der Waals surface area contributed by atoms with Gasteiger partial charge in [-0.2, -0.15) is 13.2 Å². The van der Waals surface area contributed by atoms with Crippen LogP contribution in [0.3, 0.4) is 0 Å². The van der Waals surface area contributed by atoms with E-state index in [2.05, 4.69) is 10.3 Å². The van der Waals surface area contributed by atoms with E-state index in [1.54, 1.807) is 26.1 Å². The lowest BCUT2D eigenvalue weighted by molar-refractivity contribution is -0.105. The first-order valence-electron chi connectivity index (χ1n) is 7.66. The van der Waals surface area contributed by atoms with E-state index in [9.17, 15) is 17.6 Å². The minimum Gasteiger partial charge on any atom is -0.348 e. The number of rotatable bonds is 5. The smallest absolute Gasteiger partial charge is 0.348 e. The number of aryl methyl sites for hydroxylation is 2. The molecule has 1 aromatic carbocycles. The first-order chi connectivity index (χ1) is 11.2. The molecule has 0 spiro atoms. The lowest BCUT2D eigenvalue weighted by Gasteiger charge is -2.19. The molecule has 0 bridgehead atoms. The Kier molecular flexibility index (Phi) is 5.96. The summed E-state index contributed by atoms with van der Waals surface area (Å²) in [5.41, 5.74) is 3.46. The maximum absolute atomic E-state index is 13.6. The van der Waals surface area contributed by atoms with Gasteiger partial charge in [-0.05, 0) is 48.6 Å². The molecule has 1 atom stereocenters. The molecule has 0 aromatic heterocycles. The van der Waals surface area contributed by atoms with E-state index in [0.717, 1.165) is 34.0 Å². The van der Waals surface area contributed by atoms with E-state index in [0.29, 0.717) is 23.7 Å². The van der Waals surface area contributed by atoms with Crippen molar-refractivity contribution in [2.45, 2.75) is 44.4 Å². The summed E-state index contributed by atoms with van der Waals surface area (Å²) in [5, 5.41) is 2.86. The number of alkyl halides is 4. The van der Waals surface area contributed by atoms with E-state index in [4.69, 9.17) is 0 Å². The standard InChI is InChI=1S/C17H20F4N2S/c1-4-14(18)16-22-7-12(8-23-16)13-6-15(11(3)5-10(13)2)24-9-17(19,20)21/h5-7,14H,4,8-9H2,1-3H3,(H,22,23). The Hall–Kier alpha value is -1.50. The van der Waals surface area contributed by atoms with Crippen molar-refractivity contribution in [3.8, 4) is 0 Å². The minimum absolute atomic E-state index is 0.303. The van der Waals surface area contributed by atoms with Crippen molar-refractivity contribution < 1.29 is 17.6 Å². The van der Waals surface area contributed by atoms with Crippen LogP contribution in [0.4, 0.5) is 17.6 Å². The number of benzene rings is 1. The second-order valence-electron chi connectivity index (χ2n) is 5.73. The number of thioether (sulfide) groups is 1. The molecular weight excluding hydrogens is 340 g/mol. The fraction of sp³-hybridized carbons (Fsp3) is 0.471. The summed E-state index contributed by atoms with van der Waals surface area (Å²) in [6, 6.07) is 3.64. The van der Waals surface area contributed by atoms with Crippen molar-refractivity contribution in [3.05, 3.63) is 35.0 Å². The third-order valence-corrected chi connectivity index (χ3v) is 4.95. The maximum atomic E-state index is 13.6. The molecule has 0 fully saturated rings. The Labute approximate surface area is 143 Å². The van der Waals surface area contributed by atoms with Gasteiger partial charge >= 0.3 is 6.18 Å². The molecule has 1 N–H and O–H groups in total. The number of aliphatic imine (C=N–C) groups is 1. The van der Waals surface area contributed by atoms with Crippen molar-refractivity contribution in [3.63, 3.8) is 0 Å². The van der Waals surface area contributed by atoms with Crippen molar-refractivity contribution >= 4 is 23.2 Å². The fourth-order valence-corrected chi connectivity index (χ4v) is 3.27. The second kappa shape index (κ2) is 7.59. The predicted molar refractivity (Wildman–Crippen MR) is 91.3 cm³/mol. The quantitative estimate of drug-likeness (QED) is 0.587. The monoisotopic (exact) mass is 360 g/mol. The Balaban J connectivity index is 2.21. The molecule has 1 unspecified atom stereocenters. The highest BCUT2D eigenvalue weighted by atomic mass is 32.2. The molecule has 24 heavy (non-hydrogen) atoms. The number of nitrogens with zero attached hydrogens (tertiary/aromatic N) is 1. The molecule has 1 aromatic rings. The van der Waals surface area contributed by atoms with Gasteiger partial charge in [0.25, 0.3) is 0 Å². The van der Waals surface area contributed by atoms with Gasteiger partial charge in [0.2, 0.25) is 0 Å². The van der Waals surface area contributed by atoms with Crippen molar-refractivity contribution in [2.75, 3.05) is 12.3 Å². The van der Waals surface area contributed by atoms with E-state index < -0.39 is 18.1 Å². The summed E-state index contributed by atoms with van der Waals surface area (Å²) in [4.78, 5) is 4.81. The number of nitrogens with one attached hydrogen (secondary N) is 1. The lowest BCUT2D eigenvalue weighted by atomic mass is 9.98. The molecule has 0 saturated carbocycles. The van der Waals surface area contributed by atoms with Gasteiger partial charge in [-0.15, -0.1) is 11.8 Å². The van der Waals surface area contributed by atoms with Crippen LogP contribution in [0, 0.1) is 13.8 Å². The summed E-state index contributed by atoms with van der Waals surface area (Å²) >= 11 is 0.781. The maximum Gasteiger partial charge on any atom is 0.398 e. The van der Waals surface area contributed by atoms with Crippen molar-refractivity contribution in [1.82, 2.24) is 5.32 Å². The van der Waals surface area contributed by atoms with Crippen LogP contribution in [0.25, 0.3) is 5.57 Å². The molecule has 1 heterocycles. The largest absolute Gasteiger partial charge is 0.398 e. The van der Waals surface area contributed by atoms with Crippen LogP contribution in [0.2, 0.25) is 0 Å². The SMILES string of the molecule is CCC(F)C1=NCC(c2cc(SCC(F)(F)F)c(C)cc2C)=CN1.